The summed E-state index contributed by atoms with van der Waals surface area (Å²) in [4.78, 5) is 42.0. The second kappa shape index (κ2) is 12.3. The molecule has 2 fully saturated rings. The Hall–Kier alpha value is -2.59. The van der Waals surface area contributed by atoms with E-state index in [-0.39, 0.29) is 36.0 Å². The van der Waals surface area contributed by atoms with Crippen LogP contribution in [0.3, 0.4) is 0 Å². The van der Waals surface area contributed by atoms with Gasteiger partial charge >= 0.3 is 0 Å². The number of carbonyl (C=O) groups excluding carboxylic acids is 3. The Bertz CT molecular complexity index is 1020. The lowest BCUT2D eigenvalue weighted by atomic mass is 9.84. The smallest absolute Gasteiger partial charge is 0.245 e. The minimum absolute atomic E-state index is 0.109. The summed E-state index contributed by atoms with van der Waals surface area (Å²) >= 11 is 0. The van der Waals surface area contributed by atoms with E-state index in [1.807, 2.05) is 20.8 Å². The minimum Gasteiger partial charge on any atom is -0.344 e. The molecule has 1 aromatic rings. The second-order valence-corrected chi connectivity index (χ2v) is 12.6. The highest BCUT2D eigenvalue weighted by molar-refractivity contribution is 5.89. The third-order valence-electron chi connectivity index (χ3n) is 8.72. The molecular weight excluding hydrogens is 506 g/mol. The van der Waals surface area contributed by atoms with Crippen molar-refractivity contribution in [1.29, 1.82) is 0 Å². The van der Waals surface area contributed by atoms with Crippen molar-refractivity contribution in [3.63, 3.8) is 0 Å². The molecule has 216 valence electrons. The van der Waals surface area contributed by atoms with Crippen LogP contribution in [0.1, 0.15) is 76.8 Å². The predicted octanol–water partition coefficient (Wildman–Crippen LogP) is 3.85. The molecule has 2 N–H and O–H groups in total. The number of hydrogen-bond acceptors (Lipinski definition) is 5. The van der Waals surface area contributed by atoms with Gasteiger partial charge in [-0.05, 0) is 42.7 Å². The molecule has 1 aliphatic carbocycles. The maximum atomic E-state index is 14.2. The lowest BCUT2D eigenvalue weighted by Gasteiger charge is -2.40. The monoisotopic (exact) mass is 548 g/mol. The second-order valence-electron chi connectivity index (χ2n) is 12.6. The molecule has 3 aliphatic rings. The van der Waals surface area contributed by atoms with E-state index in [1.165, 1.54) is 12.1 Å². The van der Waals surface area contributed by atoms with Crippen LogP contribution in [0.2, 0.25) is 0 Å². The lowest BCUT2D eigenvalue weighted by Crippen LogP contribution is -2.58. The zero-order chi connectivity index (χ0) is 28.3. The van der Waals surface area contributed by atoms with Crippen LogP contribution in [0.5, 0.6) is 0 Å². The summed E-state index contributed by atoms with van der Waals surface area (Å²) in [5.74, 6) is -1.49. The molecule has 2 atom stereocenters. The number of fused-ring (bicyclic) bond motifs is 1. The Morgan fingerprint density at radius 3 is 2.15 bits per heavy atom. The van der Waals surface area contributed by atoms with Gasteiger partial charge in [-0.25, -0.2) is 13.8 Å². The third kappa shape index (κ3) is 6.95. The number of hydroxylamine groups is 2. The van der Waals surface area contributed by atoms with E-state index in [0.29, 0.717) is 74.0 Å². The fraction of sp³-hybridized carbons (Fsp3) is 0.690. The van der Waals surface area contributed by atoms with Gasteiger partial charge in [-0.2, -0.15) is 0 Å². The van der Waals surface area contributed by atoms with Crippen molar-refractivity contribution < 1.29 is 28.4 Å². The number of benzene rings is 1. The Balaban J connectivity index is 1.38. The van der Waals surface area contributed by atoms with Gasteiger partial charge in [0, 0.05) is 43.3 Å². The number of halogens is 2. The number of piperidine rings is 1. The number of nitrogens with zero attached hydrogens (tertiary/aromatic N) is 3. The number of carbonyl (C=O) groups is 3. The first-order valence-electron chi connectivity index (χ1n) is 14.2. The molecule has 39 heavy (non-hydrogen) atoms. The van der Waals surface area contributed by atoms with E-state index in [0.717, 1.165) is 25.7 Å². The van der Waals surface area contributed by atoms with Crippen molar-refractivity contribution in [1.82, 2.24) is 20.2 Å². The average Bonchev–Trinajstić information content (AvgIpc) is 3.59. The van der Waals surface area contributed by atoms with Crippen LogP contribution < -0.4 is 5.32 Å². The SMILES string of the molecule is CC(C)(C)[C@H](NC(=O)[C@H](CC1CCCC1)CN(O)C=O)C(=O)N1CCC(N2Cc3c(F)ccc(F)c3C2)CC1. The molecule has 3 amide bonds. The maximum absolute atomic E-state index is 14.2. The van der Waals surface area contributed by atoms with E-state index in [2.05, 4.69) is 10.2 Å². The zero-order valence-corrected chi connectivity index (χ0v) is 23.3. The Kier molecular flexibility index (Phi) is 9.26. The van der Waals surface area contributed by atoms with Crippen LogP contribution in [0, 0.1) is 28.9 Å². The first kappa shape index (κ1) is 29.4. The van der Waals surface area contributed by atoms with Crippen molar-refractivity contribution in [2.45, 2.75) is 90.9 Å². The standard InChI is InChI=1S/C29H42F2N4O4/c1-29(2,3)26(32-27(37)20(15-35(39)18-36)14-19-6-4-5-7-19)28(38)33-12-10-21(11-13-33)34-16-22-23(17-34)25(31)9-8-24(22)30/h8-9,18-21,26,39H,4-7,10-17H2,1-3H3,(H,32,37)/t20-,26-/m1/s1. The van der Waals surface area contributed by atoms with Crippen molar-refractivity contribution in [2.75, 3.05) is 19.6 Å². The van der Waals surface area contributed by atoms with E-state index in [9.17, 15) is 28.4 Å². The molecule has 1 aromatic carbocycles. The molecule has 10 heteroatoms. The molecule has 1 saturated carbocycles. The fourth-order valence-corrected chi connectivity index (χ4v) is 6.42. The molecule has 0 unspecified atom stereocenters. The van der Waals surface area contributed by atoms with Gasteiger partial charge in [-0.1, -0.05) is 46.5 Å². The summed E-state index contributed by atoms with van der Waals surface area (Å²) in [5.41, 5.74) is 0.288. The van der Waals surface area contributed by atoms with Crippen LogP contribution in [-0.4, -0.2) is 70.0 Å². The minimum atomic E-state index is -0.768. The molecule has 0 spiro atoms. The van der Waals surface area contributed by atoms with Crippen molar-refractivity contribution in [3.05, 3.63) is 34.9 Å². The van der Waals surface area contributed by atoms with E-state index in [4.69, 9.17) is 0 Å². The van der Waals surface area contributed by atoms with Gasteiger partial charge in [0.1, 0.15) is 17.7 Å². The zero-order valence-electron chi connectivity index (χ0n) is 23.3. The molecule has 2 aliphatic heterocycles. The first-order chi connectivity index (χ1) is 18.5. The van der Waals surface area contributed by atoms with Gasteiger partial charge in [0.15, 0.2) is 0 Å². The van der Waals surface area contributed by atoms with Crippen molar-refractivity contribution in [3.8, 4) is 0 Å². The Morgan fingerprint density at radius 1 is 1.08 bits per heavy atom. The van der Waals surface area contributed by atoms with Crippen LogP contribution in [-0.2, 0) is 27.5 Å². The molecular formula is C29H42F2N4O4. The molecule has 2 heterocycles. The van der Waals surface area contributed by atoms with Crippen molar-refractivity contribution in [2.24, 2.45) is 17.3 Å². The summed E-state index contributed by atoms with van der Waals surface area (Å²) in [6.07, 6.45) is 6.49. The predicted molar refractivity (Wildman–Crippen MR) is 141 cm³/mol. The van der Waals surface area contributed by atoms with Gasteiger partial charge in [0.2, 0.25) is 18.2 Å². The highest BCUT2D eigenvalue weighted by atomic mass is 19.1. The first-order valence-corrected chi connectivity index (χ1v) is 14.2. The number of rotatable bonds is 9. The number of hydrogen-bond donors (Lipinski definition) is 2. The largest absolute Gasteiger partial charge is 0.344 e. The van der Waals surface area contributed by atoms with Crippen LogP contribution >= 0.6 is 0 Å². The summed E-state index contributed by atoms with van der Waals surface area (Å²) in [7, 11) is 0. The summed E-state index contributed by atoms with van der Waals surface area (Å²) < 4.78 is 28.5. The average molecular weight is 549 g/mol. The quantitative estimate of drug-likeness (QED) is 0.278. The highest BCUT2D eigenvalue weighted by Gasteiger charge is 2.40. The van der Waals surface area contributed by atoms with Gasteiger partial charge in [0.05, 0.1) is 12.5 Å². The Labute approximate surface area is 229 Å². The topological polar surface area (TPSA) is 93.2 Å². The van der Waals surface area contributed by atoms with Crippen molar-refractivity contribution >= 4 is 18.2 Å². The molecule has 1 saturated heterocycles. The van der Waals surface area contributed by atoms with Gasteiger partial charge in [-0.3, -0.25) is 24.5 Å². The number of likely N-dealkylation sites (tertiary alicyclic amines) is 1. The van der Waals surface area contributed by atoms with Crippen LogP contribution in [0.15, 0.2) is 12.1 Å². The van der Waals surface area contributed by atoms with E-state index < -0.39 is 17.4 Å². The number of amides is 3. The molecule has 0 bridgehead atoms. The summed E-state index contributed by atoms with van der Waals surface area (Å²) in [6, 6.07) is 1.69. The molecule has 0 aromatic heterocycles. The molecule has 8 nitrogen and oxygen atoms in total. The lowest BCUT2D eigenvalue weighted by molar-refractivity contribution is -0.156. The third-order valence-corrected chi connectivity index (χ3v) is 8.72. The molecule has 0 radical (unpaired) electrons. The molecule has 4 rings (SSSR count). The highest BCUT2D eigenvalue weighted by Crippen LogP contribution is 2.33. The maximum Gasteiger partial charge on any atom is 0.245 e. The van der Waals surface area contributed by atoms with Gasteiger partial charge in [0.25, 0.3) is 0 Å². The number of nitrogens with one attached hydrogen (secondary N) is 1. The van der Waals surface area contributed by atoms with E-state index in [1.54, 1.807) is 4.90 Å². The van der Waals surface area contributed by atoms with Gasteiger partial charge in [-0.15, -0.1) is 0 Å². The summed E-state index contributed by atoms with van der Waals surface area (Å²) in [6.45, 7) is 7.32. The van der Waals surface area contributed by atoms with Crippen LogP contribution in [0.25, 0.3) is 0 Å². The Morgan fingerprint density at radius 2 is 1.64 bits per heavy atom. The normalized spacial score (nSPS) is 20.5. The van der Waals surface area contributed by atoms with Crippen LogP contribution in [0.4, 0.5) is 8.78 Å². The van der Waals surface area contributed by atoms with Gasteiger partial charge < -0.3 is 10.2 Å². The van der Waals surface area contributed by atoms with E-state index >= 15 is 0 Å². The summed E-state index contributed by atoms with van der Waals surface area (Å²) in [5, 5.41) is 13.3. The fourth-order valence-electron chi connectivity index (χ4n) is 6.42.